The number of anilines is 1. The fraction of sp³-hybridized carbons (Fsp3) is 0.412. The second kappa shape index (κ2) is 9.18. The van der Waals surface area contributed by atoms with Crippen LogP contribution in [-0.2, 0) is 4.79 Å². The van der Waals surface area contributed by atoms with E-state index >= 15 is 0 Å². The highest BCUT2D eigenvalue weighted by Gasteiger charge is 2.27. The van der Waals surface area contributed by atoms with Crippen LogP contribution in [0.2, 0.25) is 0 Å². The van der Waals surface area contributed by atoms with Gasteiger partial charge in [-0.3, -0.25) is 19.7 Å². The van der Waals surface area contributed by atoms with Crippen LogP contribution < -0.4 is 10.2 Å². The Labute approximate surface area is 175 Å². The first kappa shape index (κ1) is 21.0. The zero-order chi connectivity index (χ0) is 21.0. The first-order chi connectivity index (χ1) is 13.9. The van der Waals surface area contributed by atoms with Crippen LogP contribution in [0.15, 0.2) is 22.5 Å². The number of nitrogens with zero attached hydrogens (tertiary/aromatic N) is 5. The third kappa shape index (κ3) is 4.82. The lowest BCUT2D eigenvalue weighted by Gasteiger charge is -2.34. The number of piperazine rings is 1. The Kier molecular flexibility index (Phi) is 6.64. The number of nitro benzene ring substituents is 1. The molecule has 1 aliphatic heterocycles. The first-order valence-corrected chi connectivity index (χ1v) is 10.7. The van der Waals surface area contributed by atoms with E-state index in [-0.39, 0.29) is 23.3 Å². The number of hydrogen-bond donors (Lipinski definition) is 1. The van der Waals surface area contributed by atoms with Crippen LogP contribution in [0, 0.1) is 17.0 Å². The van der Waals surface area contributed by atoms with E-state index in [0.29, 0.717) is 41.6 Å². The van der Waals surface area contributed by atoms with Crippen LogP contribution in [0.5, 0.6) is 0 Å². The molecule has 0 aliphatic carbocycles. The summed E-state index contributed by atoms with van der Waals surface area (Å²) in [6.45, 7) is 3.76. The van der Waals surface area contributed by atoms with Gasteiger partial charge in [0.05, 0.1) is 10.7 Å². The SMILES string of the molecule is CNC(=O)CSc1nnc(N2CCN(C(=O)c3cccc([N+](=O)[O-])c3C)CC2)s1. The molecule has 2 aromatic rings. The standard InChI is InChI=1S/C17H20N6O4S2/c1-11-12(4-3-5-13(11)23(26)27)15(25)21-6-8-22(9-7-21)16-19-20-17(29-16)28-10-14(24)18-2/h3-5H,6-10H2,1-2H3,(H,18,24). The summed E-state index contributed by atoms with van der Waals surface area (Å²) in [5.74, 6) is 0.0101. The minimum absolute atomic E-state index is 0.0508. The van der Waals surface area contributed by atoms with Crippen molar-refractivity contribution in [3.8, 4) is 0 Å². The number of aromatic nitrogens is 2. The van der Waals surface area contributed by atoms with E-state index in [0.717, 1.165) is 5.13 Å². The van der Waals surface area contributed by atoms with E-state index in [1.54, 1.807) is 24.9 Å². The number of amides is 2. The molecule has 154 valence electrons. The molecule has 2 heterocycles. The van der Waals surface area contributed by atoms with Crippen LogP contribution in [0.1, 0.15) is 15.9 Å². The topological polar surface area (TPSA) is 122 Å². The van der Waals surface area contributed by atoms with Crippen LogP contribution in [0.25, 0.3) is 0 Å². The van der Waals surface area contributed by atoms with Crippen LogP contribution in [0.3, 0.4) is 0 Å². The summed E-state index contributed by atoms with van der Waals surface area (Å²) in [6.07, 6.45) is 0. The van der Waals surface area contributed by atoms with Gasteiger partial charge in [0, 0.05) is 50.4 Å². The Morgan fingerprint density at radius 2 is 2.00 bits per heavy atom. The summed E-state index contributed by atoms with van der Waals surface area (Å²) in [5, 5.41) is 22.7. The van der Waals surface area contributed by atoms with Gasteiger partial charge < -0.3 is 15.1 Å². The Hall–Kier alpha value is -2.73. The number of thioether (sulfide) groups is 1. The first-order valence-electron chi connectivity index (χ1n) is 8.85. The summed E-state index contributed by atoms with van der Waals surface area (Å²) in [6, 6.07) is 4.56. The molecule has 1 N–H and O–H groups in total. The van der Waals surface area contributed by atoms with Gasteiger partial charge in [-0.2, -0.15) is 0 Å². The third-order valence-electron chi connectivity index (χ3n) is 4.57. The smallest absolute Gasteiger partial charge is 0.273 e. The lowest BCUT2D eigenvalue weighted by atomic mass is 10.1. The van der Waals surface area contributed by atoms with Crippen molar-refractivity contribution in [3.05, 3.63) is 39.4 Å². The largest absolute Gasteiger partial charge is 0.358 e. The average molecular weight is 437 g/mol. The highest BCUT2D eigenvalue weighted by atomic mass is 32.2. The molecule has 1 aliphatic rings. The molecular weight excluding hydrogens is 416 g/mol. The second-order valence-corrected chi connectivity index (χ2v) is 8.48. The van der Waals surface area contributed by atoms with Crippen molar-refractivity contribution in [3.63, 3.8) is 0 Å². The molecule has 0 atom stereocenters. The van der Waals surface area contributed by atoms with Crippen LogP contribution in [-0.4, -0.2) is 70.8 Å². The Bertz CT molecular complexity index is 926. The summed E-state index contributed by atoms with van der Waals surface area (Å²) >= 11 is 2.75. The van der Waals surface area contributed by atoms with Crippen molar-refractivity contribution in [1.82, 2.24) is 20.4 Å². The number of carbonyl (C=O) groups is 2. The molecule has 29 heavy (non-hydrogen) atoms. The van der Waals surface area contributed by atoms with Gasteiger partial charge >= 0.3 is 0 Å². The summed E-state index contributed by atoms with van der Waals surface area (Å²) < 4.78 is 0.717. The van der Waals surface area contributed by atoms with Crippen LogP contribution >= 0.6 is 23.1 Å². The molecular formula is C17H20N6O4S2. The number of rotatable bonds is 6. The highest BCUT2D eigenvalue weighted by molar-refractivity contribution is 8.01. The van der Waals surface area contributed by atoms with Crippen molar-refractivity contribution in [1.29, 1.82) is 0 Å². The molecule has 1 aromatic heterocycles. The fourth-order valence-corrected chi connectivity index (χ4v) is 4.68. The van der Waals surface area contributed by atoms with Gasteiger partial charge in [0.2, 0.25) is 11.0 Å². The minimum Gasteiger partial charge on any atom is -0.358 e. The second-order valence-electron chi connectivity index (χ2n) is 6.30. The predicted octanol–water partition coefficient (Wildman–Crippen LogP) is 1.56. The number of nitro groups is 1. The Balaban J connectivity index is 1.60. The number of carbonyl (C=O) groups excluding carboxylic acids is 2. The molecule has 0 radical (unpaired) electrons. The maximum atomic E-state index is 12.8. The number of hydrogen-bond acceptors (Lipinski definition) is 9. The van der Waals surface area contributed by atoms with Gasteiger partial charge in [0.1, 0.15) is 0 Å². The van der Waals surface area contributed by atoms with Gasteiger partial charge in [0.15, 0.2) is 4.34 Å². The molecule has 1 aromatic carbocycles. The number of nitrogens with one attached hydrogen (secondary N) is 1. The van der Waals surface area contributed by atoms with E-state index in [9.17, 15) is 19.7 Å². The summed E-state index contributed by atoms with van der Waals surface area (Å²) in [5.41, 5.74) is 0.688. The molecule has 1 fully saturated rings. The molecule has 0 saturated carbocycles. The molecule has 0 spiro atoms. The van der Waals surface area contributed by atoms with Crippen molar-refractivity contribution in [2.45, 2.75) is 11.3 Å². The maximum absolute atomic E-state index is 12.8. The molecule has 12 heteroatoms. The van der Waals surface area contributed by atoms with Gasteiger partial charge in [-0.15, -0.1) is 10.2 Å². The van der Waals surface area contributed by atoms with E-state index in [1.165, 1.54) is 35.2 Å². The average Bonchev–Trinajstić information content (AvgIpc) is 3.20. The van der Waals surface area contributed by atoms with E-state index in [1.807, 2.05) is 4.90 Å². The third-order valence-corrected chi connectivity index (χ3v) is 6.69. The lowest BCUT2D eigenvalue weighted by Crippen LogP contribution is -2.49. The van der Waals surface area contributed by atoms with E-state index in [4.69, 9.17) is 0 Å². The molecule has 0 bridgehead atoms. The predicted molar refractivity (Wildman–Crippen MR) is 111 cm³/mol. The fourth-order valence-electron chi connectivity index (χ4n) is 2.91. The van der Waals surface area contributed by atoms with Crippen molar-refractivity contribution in [2.24, 2.45) is 0 Å². The maximum Gasteiger partial charge on any atom is 0.273 e. The minimum atomic E-state index is -0.473. The molecule has 2 amide bonds. The van der Waals surface area contributed by atoms with E-state index in [2.05, 4.69) is 15.5 Å². The van der Waals surface area contributed by atoms with Gasteiger partial charge in [-0.1, -0.05) is 29.2 Å². The van der Waals surface area contributed by atoms with Crippen molar-refractivity contribution < 1.29 is 14.5 Å². The van der Waals surface area contributed by atoms with Crippen molar-refractivity contribution >= 4 is 45.7 Å². The van der Waals surface area contributed by atoms with Gasteiger partial charge in [-0.05, 0) is 13.0 Å². The highest BCUT2D eigenvalue weighted by Crippen LogP contribution is 2.29. The van der Waals surface area contributed by atoms with Crippen LogP contribution in [0.4, 0.5) is 10.8 Å². The van der Waals surface area contributed by atoms with Gasteiger partial charge in [0.25, 0.3) is 11.6 Å². The molecule has 3 rings (SSSR count). The normalized spacial score (nSPS) is 14.0. The summed E-state index contributed by atoms with van der Waals surface area (Å²) in [4.78, 5) is 38.6. The molecule has 1 saturated heterocycles. The number of benzene rings is 1. The van der Waals surface area contributed by atoms with Gasteiger partial charge in [-0.25, -0.2) is 0 Å². The summed E-state index contributed by atoms with van der Waals surface area (Å²) in [7, 11) is 1.59. The molecule has 10 nitrogen and oxygen atoms in total. The monoisotopic (exact) mass is 436 g/mol. The zero-order valence-corrected chi connectivity index (χ0v) is 17.6. The quantitative estimate of drug-likeness (QED) is 0.411. The van der Waals surface area contributed by atoms with E-state index < -0.39 is 4.92 Å². The Morgan fingerprint density at radius 3 is 2.66 bits per heavy atom. The lowest BCUT2D eigenvalue weighted by molar-refractivity contribution is -0.385. The Morgan fingerprint density at radius 1 is 1.28 bits per heavy atom. The molecule has 0 unspecified atom stereocenters. The van der Waals surface area contributed by atoms with Crippen molar-refractivity contribution in [2.75, 3.05) is 43.9 Å². The zero-order valence-electron chi connectivity index (χ0n) is 16.0.